The van der Waals surface area contributed by atoms with Gasteiger partial charge in [0.1, 0.15) is 0 Å². The molecule has 2 N–H and O–H groups in total. The molecule has 0 bridgehead atoms. The van der Waals surface area contributed by atoms with Crippen molar-refractivity contribution in [3.05, 3.63) is 30.1 Å². The van der Waals surface area contributed by atoms with Gasteiger partial charge in [0.05, 0.1) is 11.8 Å². The standard InChI is InChI=1S/C10H16N2O/c1-8(13)7-12-9(2)10-5-3-4-6-11-10/h3-6,8-9,12-13H,7H2,1-2H3/t8-,9-/m1/s1. The van der Waals surface area contributed by atoms with Gasteiger partial charge < -0.3 is 10.4 Å². The molecule has 1 heterocycles. The number of pyridine rings is 1. The first-order valence-corrected chi connectivity index (χ1v) is 4.52. The number of aliphatic hydroxyl groups excluding tert-OH is 1. The van der Waals surface area contributed by atoms with E-state index in [4.69, 9.17) is 5.11 Å². The first kappa shape index (κ1) is 10.2. The van der Waals surface area contributed by atoms with Crippen LogP contribution in [0.3, 0.4) is 0 Å². The molecule has 0 aliphatic rings. The predicted molar refractivity (Wildman–Crippen MR) is 52.3 cm³/mol. The molecule has 1 aromatic heterocycles. The van der Waals surface area contributed by atoms with Crippen molar-refractivity contribution in [1.29, 1.82) is 0 Å². The summed E-state index contributed by atoms with van der Waals surface area (Å²) in [6, 6.07) is 6.02. The van der Waals surface area contributed by atoms with E-state index in [2.05, 4.69) is 10.3 Å². The average Bonchev–Trinajstić information content (AvgIpc) is 2.15. The van der Waals surface area contributed by atoms with Gasteiger partial charge in [0.2, 0.25) is 0 Å². The van der Waals surface area contributed by atoms with Gasteiger partial charge in [-0.05, 0) is 26.0 Å². The third kappa shape index (κ3) is 3.53. The summed E-state index contributed by atoms with van der Waals surface area (Å²) in [5.41, 5.74) is 1.00. The predicted octanol–water partition coefficient (Wildman–Crippen LogP) is 1.11. The van der Waals surface area contributed by atoms with Crippen LogP contribution in [0.4, 0.5) is 0 Å². The van der Waals surface area contributed by atoms with Crippen LogP contribution >= 0.6 is 0 Å². The van der Waals surface area contributed by atoms with Crippen molar-refractivity contribution in [3.63, 3.8) is 0 Å². The van der Waals surface area contributed by atoms with Gasteiger partial charge in [0, 0.05) is 18.8 Å². The van der Waals surface area contributed by atoms with Crippen LogP contribution in [-0.2, 0) is 0 Å². The van der Waals surface area contributed by atoms with E-state index in [1.807, 2.05) is 25.1 Å². The minimum Gasteiger partial charge on any atom is -0.392 e. The monoisotopic (exact) mass is 180 g/mol. The summed E-state index contributed by atoms with van der Waals surface area (Å²) in [5, 5.41) is 12.3. The molecule has 0 unspecified atom stereocenters. The van der Waals surface area contributed by atoms with Gasteiger partial charge in [0.15, 0.2) is 0 Å². The Bertz CT molecular complexity index is 236. The van der Waals surface area contributed by atoms with Crippen molar-refractivity contribution in [2.45, 2.75) is 26.0 Å². The van der Waals surface area contributed by atoms with Crippen molar-refractivity contribution < 1.29 is 5.11 Å². The fraction of sp³-hybridized carbons (Fsp3) is 0.500. The Hall–Kier alpha value is -0.930. The first-order valence-electron chi connectivity index (χ1n) is 4.52. The van der Waals surface area contributed by atoms with Crippen LogP contribution in [0.25, 0.3) is 0 Å². The number of aromatic nitrogens is 1. The summed E-state index contributed by atoms with van der Waals surface area (Å²) in [7, 11) is 0. The maximum atomic E-state index is 9.07. The topological polar surface area (TPSA) is 45.1 Å². The molecular weight excluding hydrogens is 164 g/mol. The van der Waals surface area contributed by atoms with Gasteiger partial charge in [-0.3, -0.25) is 4.98 Å². The highest BCUT2D eigenvalue weighted by Crippen LogP contribution is 2.06. The zero-order valence-corrected chi connectivity index (χ0v) is 8.07. The van der Waals surface area contributed by atoms with Crippen molar-refractivity contribution >= 4 is 0 Å². The molecule has 1 rings (SSSR count). The van der Waals surface area contributed by atoms with Gasteiger partial charge in [-0.1, -0.05) is 6.07 Å². The summed E-state index contributed by atoms with van der Waals surface area (Å²) in [4.78, 5) is 4.21. The van der Waals surface area contributed by atoms with Gasteiger partial charge in [-0.15, -0.1) is 0 Å². The van der Waals surface area contributed by atoms with E-state index >= 15 is 0 Å². The summed E-state index contributed by atoms with van der Waals surface area (Å²) in [5.74, 6) is 0. The summed E-state index contributed by atoms with van der Waals surface area (Å²) < 4.78 is 0. The Kier molecular flexibility index (Phi) is 3.86. The van der Waals surface area contributed by atoms with Crippen LogP contribution in [-0.4, -0.2) is 22.7 Å². The van der Waals surface area contributed by atoms with Crippen LogP contribution in [0.15, 0.2) is 24.4 Å². The normalized spacial score (nSPS) is 15.3. The molecule has 1 aromatic rings. The fourth-order valence-corrected chi connectivity index (χ4v) is 1.08. The molecule has 3 heteroatoms. The van der Waals surface area contributed by atoms with E-state index in [1.165, 1.54) is 0 Å². The quantitative estimate of drug-likeness (QED) is 0.729. The Morgan fingerprint density at radius 3 is 2.77 bits per heavy atom. The Balaban J connectivity index is 2.44. The lowest BCUT2D eigenvalue weighted by atomic mass is 10.2. The summed E-state index contributed by atoms with van der Waals surface area (Å²) >= 11 is 0. The minimum absolute atomic E-state index is 0.191. The van der Waals surface area contributed by atoms with E-state index in [9.17, 15) is 0 Å². The molecule has 72 valence electrons. The molecule has 0 saturated carbocycles. The molecule has 0 aromatic carbocycles. The van der Waals surface area contributed by atoms with E-state index in [1.54, 1.807) is 13.1 Å². The van der Waals surface area contributed by atoms with Crippen LogP contribution in [0.1, 0.15) is 25.6 Å². The van der Waals surface area contributed by atoms with Gasteiger partial charge >= 0.3 is 0 Å². The second-order valence-corrected chi connectivity index (χ2v) is 3.23. The van der Waals surface area contributed by atoms with E-state index in [-0.39, 0.29) is 12.1 Å². The molecule has 0 aliphatic heterocycles. The first-order chi connectivity index (χ1) is 6.20. The molecule has 13 heavy (non-hydrogen) atoms. The molecule has 0 amide bonds. The number of nitrogens with zero attached hydrogens (tertiary/aromatic N) is 1. The summed E-state index contributed by atoms with van der Waals surface area (Å²) in [6.45, 7) is 4.39. The van der Waals surface area contributed by atoms with E-state index in [0.29, 0.717) is 6.54 Å². The van der Waals surface area contributed by atoms with Crippen LogP contribution < -0.4 is 5.32 Å². The zero-order chi connectivity index (χ0) is 9.68. The number of aliphatic hydroxyl groups is 1. The van der Waals surface area contributed by atoms with Crippen molar-refractivity contribution in [2.75, 3.05) is 6.54 Å². The maximum absolute atomic E-state index is 9.07. The molecular formula is C10H16N2O. The van der Waals surface area contributed by atoms with Crippen LogP contribution in [0.2, 0.25) is 0 Å². The zero-order valence-electron chi connectivity index (χ0n) is 8.07. The molecule has 0 fully saturated rings. The van der Waals surface area contributed by atoms with Crippen LogP contribution in [0, 0.1) is 0 Å². The number of rotatable bonds is 4. The van der Waals surface area contributed by atoms with Crippen molar-refractivity contribution in [3.8, 4) is 0 Å². The fourth-order valence-electron chi connectivity index (χ4n) is 1.08. The molecule has 0 saturated heterocycles. The van der Waals surface area contributed by atoms with E-state index in [0.717, 1.165) is 5.69 Å². The molecule has 0 radical (unpaired) electrons. The largest absolute Gasteiger partial charge is 0.392 e. The molecule has 0 spiro atoms. The minimum atomic E-state index is -0.314. The maximum Gasteiger partial charge on any atom is 0.0636 e. The molecule has 2 atom stereocenters. The van der Waals surface area contributed by atoms with Gasteiger partial charge in [-0.2, -0.15) is 0 Å². The lowest BCUT2D eigenvalue weighted by Crippen LogP contribution is -2.27. The number of hydrogen-bond donors (Lipinski definition) is 2. The van der Waals surface area contributed by atoms with Crippen molar-refractivity contribution in [1.82, 2.24) is 10.3 Å². The molecule has 0 aliphatic carbocycles. The Morgan fingerprint density at radius 1 is 1.46 bits per heavy atom. The lowest BCUT2D eigenvalue weighted by molar-refractivity contribution is 0.187. The van der Waals surface area contributed by atoms with Crippen molar-refractivity contribution in [2.24, 2.45) is 0 Å². The highest BCUT2D eigenvalue weighted by atomic mass is 16.3. The third-order valence-electron chi connectivity index (χ3n) is 1.85. The van der Waals surface area contributed by atoms with E-state index < -0.39 is 0 Å². The van der Waals surface area contributed by atoms with Gasteiger partial charge in [0.25, 0.3) is 0 Å². The smallest absolute Gasteiger partial charge is 0.0636 e. The Morgan fingerprint density at radius 2 is 2.23 bits per heavy atom. The second kappa shape index (κ2) is 4.94. The van der Waals surface area contributed by atoms with Gasteiger partial charge in [-0.25, -0.2) is 0 Å². The SMILES string of the molecule is C[C@@H](O)CN[C@H](C)c1ccccn1. The average molecular weight is 180 g/mol. The highest BCUT2D eigenvalue weighted by molar-refractivity contribution is 5.07. The second-order valence-electron chi connectivity index (χ2n) is 3.23. The number of hydrogen-bond acceptors (Lipinski definition) is 3. The summed E-state index contributed by atoms with van der Waals surface area (Å²) in [6.07, 6.45) is 1.46. The Labute approximate surface area is 78.8 Å². The highest BCUT2D eigenvalue weighted by Gasteiger charge is 2.05. The lowest BCUT2D eigenvalue weighted by Gasteiger charge is -2.14. The third-order valence-corrected chi connectivity index (χ3v) is 1.85. The van der Waals surface area contributed by atoms with Crippen LogP contribution in [0.5, 0.6) is 0 Å². The number of nitrogens with one attached hydrogen (secondary N) is 1. The molecule has 3 nitrogen and oxygen atoms in total.